The molecule has 1 aliphatic rings. The summed E-state index contributed by atoms with van der Waals surface area (Å²) in [6.45, 7) is 4.21. The zero-order valence-corrected chi connectivity index (χ0v) is 14.8. The second-order valence-electron chi connectivity index (χ2n) is 6.32. The topological polar surface area (TPSA) is 104 Å². The molecular weight excluding hydrogens is 351 g/mol. The van der Waals surface area contributed by atoms with Crippen LogP contribution in [0.4, 0.5) is 4.39 Å². The minimum absolute atomic E-state index is 0.195. The van der Waals surface area contributed by atoms with Crippen molar-refractivity contribution in [2.75, 3.05) is 13.1 Å². The normalized spacial score (nSPS) is 16.2. The monoisotopic (exact) mass is 372 g/mol. The number of benzene rings is 1. The van der Waals surface area contributed by atoms with Crippen LogP contribution in [0.1, 0.15) is 37.0 Å². The van der Waals surface area contributed by atoms with E-state index in [1.165, 1.54) is 4.90 Å². The van der Waals surface area contributed by atoms with Crippen LogP contribution in [0, 0.1) is 11.7 Å². The van der Waals surface area contributed by atoms with Crippen LogP contribution in [-0.4, -0.2) is 49.4 Å². The lowest BCUT2D eigenvalue weighted by atomic mass is 10.1. The first kappa shape index (κ1) is 19.3. The van der Waals surface area contributed by atoms with E-state index in [1.807, 2.05) is 0 Å². The van der Waals surface area contributed by atoms with Gasteiger partial charge in [0.1, 0.15) is 11.9 Å². The third kappa shape index (κ3) is 4.35. The van der Waals surface area contributed by atoms with E-state index in [4.69, 9.17) is 5.11 Å². The lowest BCUT2D eigenvalue weighted by Crippen LogP contribution is -2.44. The highest BCUT2D eigenvalue weighted by atomic mass is 32.2. The van der Waals surface area contributed by atoms with Crippen molar-refractivity contribution in [2.24, 2.45) is 5.92 Å². The van der Waals surface area contributed by atoms with Gasteiger partial charge in [0.05, 0.1) is 10.5 Å². The molecule has 1 aromatic carbocycles. The molecule has 2 N–H and O–H groups in total. The minimum Gasteiger partial charge on any atom is -0.480 e. The van der Waals surface area contributed by atoms with Gasteiger partial charge in [0.25, 0.3) is 5.91 Å². The third-order valence-corrected chi connectivity index (χ3v) is 5.53. The van der Waals surface area contributed by atoms with Crippen LogP contribution >= 0.6 is 0 Å². The predicted molar refractivity (Wildman–Crippen MR) is 88.1 cm³/mol. The first-order chi connectivity index (χ1) is 11.6. The standard InChI is InChI=1S/C16H21FN2O5S/c1-10(2)14(16(21)22)18-25(23,24)11-5-6-12(13(17)9-11)15(20)19-7-3-4-8-19/h5-6,9-10,14,18H,3-4,7-8H2,1-2H3,(H,21,22)/t14-/m1/s1. The Morgan fingerprint density at radius 3 is 2.32 bits per heavy atom. The fourth-order valence-corrected chi connectivity index (χ4v) is 3.98. The molecule has 0 bridgehead atoms. The van der Waals surface area contributed by atoms with Crippen molar-refractivity contribution in [1.29, 1.82) is 0 Å². The summed E-state index contributed by atoms with van der Waals surface area (Å²) in [6, 6.07) is 1.63. The highest BCUT2D eigenvalue weighted by Gasteiger charge is 2.29. The molecule has 1 fully saturated rings. The number of hydrogen-bond donors (Lipinski definition) is 2. The van der Waals surface area contributed by atoms with Gasteiger partial charge in [-0.3, -0.25) is 9.59 Å². The summed E-state index contributed by atoms with van der Waals surface area (Å²) < 4.78 is 40.9. The Labute approximate surface area is 145 Å². The smallest absolute Gasteiger partial charge is 0.322 e. The fraction of sp³-hybridized carbons (Fsp3) is 0.500. The van der Waals surface area contributed by atoms with Crippen molar-refractivity contribution in [3.8, 4) is 0 Å². The molecule has 0 unspecified atom stereocenters. The largest absolute Gasteiger partial charge is 0.480 e. The molecule has 1 aliphatic heterocycles. The number of carbonyl (C=O) groups excluding carboxylic acids is 1. The van der Waals surface area contributed by atoms with Gasteiger partial charge in [0.2, 0.25) is 10.0 Å². The second kappa shape index (κ2) is 7.49. The zero-order valence-electron chi connectivity index (χ0n) is 14.0. The molecule has 0 radical (unpaired) electrons. The number of carbonyl (C=O) groups is 2. The second-order valence-corrected chi connectivity index (χ2v) is 8.04. The number of aliphatic carboxylic acids is 1. The summed E-state index contributed by atoms with van der Waals surface area (Å²) in [6.07, 6.45) is 1.71. The number of carboxylic acid groups (broad SMARTS) is 1. The Hall–Kier alpha value is -2.00. The number of nitrogens with zero attached hydrogens (tertiary/aromatic N) is 1. The summed E-state index contributed by atoms with van der Waals surface area (Å²) in [7, 11) is -4.23. The van der Waals surface area contributed by atoms with Crippen molar-refractivity contribution in [1.82, 2.24) is 9.62 Å². The number of hydrogen-bond acceptors (Lipinski definition) is 4. The molecule has 1 amide bonds. The van der Waals surface area contributed by atoms with Crippen molar-refractivity contribution >= 4 is 21.9 Å². The molecule has 0 spiro atoms. The van der Waals surface area contributed by atoms with E-state index in [9.17, 15) is 22.4 Å². The van der Waals surface area contributed by atoms with E-state index in [0.29, 0.717) is 13.1 Å². The number of halogens is 1. The molecule has 25 heavy (non-hydrogen) atoms. The molecule has 0 aromatic heterocycles. The molecule has 1 atom stereocenters. The molecular formula is C16H21FN2O5S. The molecule has 0 saturated carbocycles. The van der Waals surface area contributed by atoms with Gasteiger partial charge in [-0.2, -0.15) is 4.72 Å². The quantitative estimate of drug-likeness (QED) is 0.787. The van der Waals surface area contributed by atoms with Crippen LogP contribution in [0.5, 0.6) is 0 Å². The third-order valence-electron chi connectivity index (χ3n) is 4.09. The summed E-state index contributed by atoms with van der Waals surface area (Å²) in [5.74, 6) is -3.23. The molecule has 0 aliphatic carbocycles. The predicted octanol–water partition coefficient (Wildman–Crippen LogP) is 1.45. The number of amides is 1. The molecule has 1 heterocycles. The van der Waals surface area contributed by atoms with Gasteiger partial charge in [-0.05, 0) is 37.0 Å². The van der Waals surface area contributed by atoms with Crippen LogP contribution in [-0.2, 0) is 14.8 Å². The van der Waals surface area contributed by atoms with Gasteiger partial charge in [-0.1, -0.05) is 13.8 Å². The van der Waals surface area contributed by atoms with Crippen LogP contribution < -0.4 is 4.72 Å². The molecule has 138 valence electrons. The maximum atomic E-state index is 14.3. The van der Waals surface area contributed by atoms with Crippen molar-refractivity contribution in [3.05, 3.63) is 29.6 Å². The highest BCUT2D eigenvalue weighted by molar-refractivity contribution is 7.89. The summed E-state index contributed by atoms with van der Waals surface area (Å²) in [4.78, 5) is 24.5. The van der Waals surface area contributed by atoms with Gasteiger partial charge in [0, 0.05) is 13.1 Å². The van der Waals surface area contributed by atoms with E-state index in [1.54, 1.807) is 13.8 Å². The number of carboxylic acids is 1. The van der Waals surface area contributed by atoms with Gasteiger partial charge in [0.15, 0.2) is 0 Å². The average Bonchev–Trinajstić information content (AvgIpc) is 3.05. The Bertz CT molecular complexity index is 773. The minimum atomic E-state index is -4.23. The van der Waals surface area contributed by atoms with Crippen molar-refractivity contribution < 1.29 is 27.5 Å². The molecule has 9 heteroatoms. The number of likely N-dealkylation sites (tertiary alicyclic amines) is 1. The summed E-state index contributed by atoms with van der Waals surface area (Å²) in [5, 5.41) is 9.10. The van der Waals surface area contributed by atoms with Gasteiger partial charge in [-0.25, -0.2) is 12.8 Å². The first-order valence-corrected chi connectivity index (χ1v) is 9.46. The van der Waals surface area contributed by atoms with Gasteiger partial charge < -0.3 is 10.0 Å². The summed E-state index contributed by atoms with van der Waals surface area (Å²) >= 11 is 0. The SMILES string of the molecule is CC(C)[C@@H](NS(=O)(=O)c1ccc(C(=O)N2CCCC2)c(F)c1)C(=O)O. The van der Waals surface area contributed by atoms with Crippen LogP contribution in [0.15, 0.2) is 23.1 Å². The Balaban J connectivity index is 2.26. The van der Waals surface area contributed by atoms with E-state index < -0.39 is 44.6 Å². The van der Waals surface area contributed by atoms with E-state index >= 15 is 0 Å². The Morgan fingerprint density at radius 2 is 1.84 bits per heavy atom. The molecule has 1 aromatic rings. The molecule has 7 nitrogen and oxygen atoms in total. The van der Waals surface area contributed by atoms with Crippen LogP contribution in [0.3, 0.4) is 0 Å². The summed E-state index contributed by atoms with van der Waals surface area (Å²) in [5.41, 5.74) is -0.195. The lowest BCUT2D eigenvalue weighted by molar-refractivity contribution is -0.140. The number of rotatable bonds is 6. The van der Waals surface area contributed by atoms with E-state index in [2.05, 4.69) is 4.72 Å². The number of sulfonamides is 1. The van der Waals surface area contributed by atoms with Crippen molar-refractivity contribution in [2.45, 2.75) is 37.6 Å². The first-order valence-electron chi connectivity index (χ1n) is 7.97. The Kier molecular flexibility index (Phi) is 5.79. The molecule has 2 rings (SSSR count). The Morgan fingerprint density at radius 1 is 1.24 bits per heavy atom. The maximum Gasteiger partial charge on any atom is 0.322 e. The van der Waals surface area contributed by atoms with E-state index in [0.717, 1.165) is 31.0 Å². The number of nitrogens with one attached hydrogen (secondary N) is 1. The van der Waals surface area contributed by atoms with Crippen LogP contribution in [0.2, 0.25) is 0 Å². The maximum absolute atomic E-state index is 14.3. The average molecular weight is 372 g/mol. The van der Waals surface area contributed by atoms with Gasteiger partial charge >= 0.3 is 5.97 Å². The van der Waals surface area contributed by atoms with E-state index in [-0.39, 0.29) is 5.56 Å². The van der Waals surface area contributed by atoms with Gasteiger partial charge in [-0.15, -0.1) is 0 Å². The van der Waals surface area contributed by atoms with Crippen LogP contribution in [0.25, 0.3) is 0 Å². The van der Waals surface area contributed by atoms with Crippen molar-refractivity contribution in [3.63, 3.8) is 0 Å². The zero-order chi connectivity index (χ0) is 18.8. The highest BCUT2D eigenvalue weighted by Crippen LogP contribution is 2.20. The molecule has 1 saturated heterocycles. The lowest BCUT2D eigenvalue weighted by Gasteiger charge is -2.19. The fourth-order valence-electron chi connectivity index (χ4n) is 2.63.